The highest BCUT2D eigenvalue weighted by Gasteiger charge is 2.10. The number of hydrogen-bond acceptors (Lipinski definition) is 3. The highest BCUT2D eigenvalue weighted by Crippen LogP contribution is 2.30. The summed E-state index contributed by atoms with van der Waals surface area (Å²) in [5.74, 6) is 1.49. The highest BCUT2D eigenvalue weighted by molar-refractivity contribution is 5.43. The molecule has 0 radical (unpaired) electrons. The molecule has 1 aromatic rings. The van der Waals surface area contributed by atoms with Gasteiger partial charge in [0.25, 0.3) is 0 Å². The molecule has 0 bridgehead atoms. The zero-order chi connectivity index (χ0) is 12.7. The van der Waals surface area contributed by atoms with Gasteiger partial charge in [-0.2, -0.15) is 0 Å². The van der Waals surface area contributed by atoms with Crippen molar-refractivity contribution in [3.63, 3.8) is 0 Å². The minimum Gasteiger partial charge on any atom is -0.493 e. The smallest absolute Gasteiger partial charge is 0.161 e. The lowest BCUT2D eigenvalue weighted by Crippen LogP contribution is -2.10. The van der Waals surface area contributed by atoms with Crippen LogP contribution in [0.5, 0.6) is 11.5 Å². The summed E-state index contributed by atoms with van der Waals surface area (Å²) < 4.78 is 10.5. The fraction of sp³-hybridized carbons (Fsp3) is 0.571. The van der Waals surface area contributed by atoms with E-state index in [1.54, 1.807) is 14.2 Å². The predicted octanol–water partition coefficient (Wildman–Crippen LogP) is 3.28. The SMILES string of the molecule is CCCCCC(N)c1ccc(OC)c(OC)c1. The number of nitrogens with two attached hydrogens (primary N) is 1. The van der Waals surface area contributed by atoms with Crippen LogP contribution in [0, 0.1) is 0 Å². The zero-order valence-electron chi connectivity index (χ0n) is 11.0. The molecule has 2 N–H and O–H groups in total. The second-order valence-electron chi connectivity index (χ2n) is 4.22. The molecule has 0 heterocycles. The monoisotopic (exact) mass is 237 g/mol. The van der Waals surface area contributed by atoms with Gasteiger partial charge in [-0.1, -0.05) is 32.3 Å². The molecule has 0 aliphatic heterocycles. The quantitative estimate of drug-likeness (QED) is 0.740. The first-order valence-corrected chi connectivity index (χ1v) is 6.20. The molecule has 0 aliphatic carbocycles. The standard InChI is InChI=1S/C14H23NO2/c1-4-5-6-7-12(15)11-8-9-13(16-2)14(10-11)17-3/h8-10,12H,4-7,15H2,1-3H3. The average Bonchev–Trinajstić information content (AvgIpc) is 2.38. The molecule has 3 heteroatoms. The Morgan fingerprint density at radius 1 is 1.12 bits per heavy atom. The lowest BCUT2D eigenvalue weighted by molar-refractivity contribution is 0.354. The molecule has 1 atom stereocenters. The molecular formula is C14H23NO2. The van der Waals surface area contributed by atoms with E-state index in [0.29, 0.717) is 0 Å². The number of rotatable bonds is 7. The molecule has 0 amide bonds. The van der Waals surface area contributed by atoms with E-state index in [4.69, 9.17) is 15.2 Å². The summed E-state index contributed by atoms with van der Waals surface area (Å²) >= 11 is 0. The molecule has 0 saturated heterocycles. The Morgan fingerprint density at radius 3 is 2.41 bits per heavy atom. The molecule has 1 unspecified atom stereocenters. The van der Waals surface area contributed by atoms with E-state index in [2.05, 4.69) is 6.92 Å². The Balaban J connectivity index is 2.70. The summed E-state index contributed by atoms with van der Waals surface area (Å²) in [5.41, 5.74) is 7.26. The van der Waals surface area contributed by atoms with Crippen LogP contribution < -0.4 is 15.2 Å². The molecule has 3 nitrogen and oxygen atoms in total. The molecule has 17 heavy (non-hydrogen) atoms. The van der Waals surface area contributed by atoms with Crippen molar-refractivity contribution in [2.75, 3.05) is 14.2 Å². The predicted molar refractivity (Wildman–Crippen MR) is 70.6 cm³/mol. The van der Waals surface area contributed by atoms with E-state index in [-0.39, 0.29) is 6.04 Å². The van der Waals surface area contributed by atoms with Crippen molar-refractivity contribution < 1.29 is 9.47 Å². The van der Waals surface area contributed by atoms with Crippen LogP contribution >= 0.6 is 0 Å². The maximum absolute atomic E-state index is 6.15. The van der Waals surface area contributed by atoms with Crippen molar-refractivity contribution in [3.05, 3.63) is 23.8 Å². The van der Waals surface area contributed by atoms with Crippen LogP contribution in [0.15, 0.2) is 18.2 Å². The van der Waals surface area contributed by atoms with Crippen LogP contribution in [0.3, 0.4) is 0 Å². The van der Waals surface area contributed by atoms with E-state index in [1.165, 1.54) is 19.3 Å². The lowest BCUT2D eigenvalue weighted by atomic mass is 10.0. The maximum Gasteiger partial charge on any atom is 0.161 e. The summed E-state index contributed by atoms with van der Waals surface area (Å²) in [7, 11) is 3.28. The molecule has 0 aromatic heterocycles. The van der Waals surface area contributed by atoms with Crippen LogP contribution in [-0.4, -0.2) is 14.2 Å². The summed E-state index contributed by atoms with van der Waals surface area (Å²) in [5, 5.41) is 0. The summed E-state index contributed by atoms with van der Waals surface area (Å²) in [6.07, 6.45) is 4.65. The van der Waals surface area contributed by atoms with Gasteiger partial charge in [-0.3, -0.25) is 0 Å². The minimum atomic E-state index is 0.0846. The van der Waals surface area contributed by atoms with Crippen molar-refractivity contribution in [3.8, 4) is 11.5 Å². The fourth-order valence-corrected chi connectivity index (χ4v) is 1.86. The van der Waals surface area contributed by atoms with Gasteiger partial charge in [-0.15, -0.1) is 0 Å². The average molecular weight is 237 g/mol. The van der Waals surface area contributed by atoms with Crippen LogP contribution in [0.4, 0.5) is 0 Å². The third-order valence-corrected chi connectivity index (χ3v) is 2.95. The Kier molecular flexibility index (Phi) is 5.84. The van der Waals surface area contributed by atoms with Crippen LogP contribution in [0.2, 0.25) is 0 Å². The van der Waals surface area contributed by atoms with E-state index < -0.39 is 0 Å². The molecular weight excluding hydrogens is 214 g/mol. The number of ether oxygens (including phenoxy) is 2. The topological polar surface area (TPSA) is 44.5 Å². The number of benzene rings is 1. The summed E-state index contributed by atoms with van der Waals surface area (Å²) in [6, 6.07) is 5.97. The van der Waals surface area contributed by atoms with Gasteiger partial charge in [0.05, 0.1) is 14.2 Å². The lowest BCUT2D eigenvalue weighted by Gasteiger charge is -2.14. The van der Waals surface area contributed by atoms with Gasteiger partial charge >= 0.3 is 0 Å². The van der Waals surface area contributed by atoms with Crippen LogP contribution in [0.25, 0.3) is 0 Å². The van der Waals surface area contributed by atoms with Crippen molar-refractivity contribution >= 4 is 0 Å². The number of methoxy groups -OCH3 is 2. The molecule has 1 rings (SSSR count). The molecule has 0 spiro atoms. The largest absolute Gasteiger partial charge is 0.493 e. The van der Waals surface area contributed by atoms with E-state index in [0.717, 1.165) is 23.5 Å². The molecule has 0 fully saturated rings. The van der Waals surface area contributed by atoms with E-state index in [9.17, 15) is 0 Å². The van der Waals surface area contributed by atoms with Crippen LogP contribution in [-0.2, 0) is 0 Å². The van der Waals surface area contributed by atoms with E-state index in [1.807, 2.05) is 18.2 Å². The van der Waals surface area contributed by atoms with Crippen molar-refractivity contribution in [2.45, 2.75) is 38.6 Å². The third-order valence-electron chi connectivity index (χ3n) is 2.95. The van der Waals surface area contributed by atoms with Crippen molar-refractivity contribution in [1.82, 2.24) is 0 Å². The van der Waals surface area contributed by atoms with Gasteiger partial charge < -0.3 is 15.2 Å². The Labute approximate surface area is 104 Å². The normalized spacial score (nSPS) is 12.2. The van der Waals surface area contributed by atoms with Crippen molar-refractivity contribution in [2.24, 2.45) is 5.73 Å². The second kappa shape index (κ2) is 7.17. The van der Waals surface area contributed by atoms with Crippen LogP contribution in [0.1, 0.15) is 44.2 Å². The molecule has 0 saturated carbocycles. The Morgan fingerprint density at radius 2 is 1.82 bits per heavy atom. The first kappa shape index (κ1) is 13.8. The summed E-state index contributed by atoms with van der Waals surface area (Å²) in [4.78, 5) is 0. The molecule has 96 valence electrons. The van der Waals surface area contributed by atoms with Gasteiger partial charge in [-0.05, 0) is 24.1 Å². The molecule has 0 aliphatic rings. The van der Waals surface area contributed by atoms with Gasteiger partial charge in [0, 0.05) is 6.04 Å². The minimum absolute atomic E-state index is 0.0846. The fourth-order valence-electron chi connectivity index (χ4n) is 1.86. The van der Waals surface area contributed by atoms with Gasteiger partial charge in [0.2, 0.25) is 0 Å². The number of hydrogen-bond donors (Lipinski definition) is 1. The Hall–Kier alpha value is -1.22. The second-order valence-corrected chi connectivity index (χ2v) is 4.22. The third kappa shape index (κ3) is 3.93. The van der Waals surface area contributed by atoms with Crippen molar-refractivity contribution in [1.29, 1.82) is 0 Å². The van der Waals surface area contributed by atoms with Gasteiger partial charge in [0.1, 0.15) is 0 Å². The van der Waals surface area contributed by atoms with Gasteiger partial charge in [-0.25, -0.2) is 0 Å². The highest BCUT2D eigenvalue weighted by atomic mass is 16.5. The maximum atomic E-state index is 6.15. The van der Waals surface area contributed by atoms with E-state index >= 15 is 0 Å². The first-order chi connectivity index (χ1) is 8.22. The Bertz CT molecular complexity index is 339. The summed E-state index contributed by atoms with van der Waals surface area (Å²) in [6.45, 7) is 2.20. The molecule has 1 aromatic carbocycles. The zero-order valence-corrected chi connectivity index (χ0v) is 11.0. The van der Waals surface area contributed by atoms with Gasteiger partial charge in [0.15, 0.2) is 11.5 Å². The first-order valence-electron chi connectivity index (χ1n) is 6.20. The number of unbranched alkanes of at least 4 members (excludes halogenated alkanes) is 2.